The van der Waals surface area contributed by atoms with Gasteiger partial charge in [0, 0.05) is 31.7 Å². The smallest absolute Gasteiger partial charge is 0.337 e. The lowest BCUT2D eigenvalue weighted by Crippen LogP contribution is -2.45. The van der Waals surface area contributed by atoms with E-state index in [2.05, 4.69) is 21.1 Å². The normalized spacial score (nSPS) is 15.1. The summed E-state index contributed by atoms with van der Waals surface area (Å²) in [4.78, 5) is 25.3. The molecule has 0 radical (unpaired) electrons. The molecule has 8 heteroatoms. The number of rotatable bonds is 4. The van der Waals surface area contributed by atoms with Crippen molar-refractivity contribution >= 4 is 17.6 Å². The van der Waals surface area contributed by atoms with Crippen LogP contribution in [0.1, 0.15) is 6.42 Å². The second-order valence-corrected chi connectivity index (χ2v) is 4.84. The van der Waals surface area contributed by atoms with Gasteiger partial charge in [0.15, 0.2) is 0 Å². The van der Waals surface area contributed by atoms with Crippen LogP contribution in [0.15, 0.2) is 24.3 Å². The zero-order chi connectivity index (χ0) is 15.8. The minimum absolute atomic E-state index is 0.277. The number of anilines is 1. The molecular weight excluding hydrogens is 291 g/mol. The first-order valence-electron chi connectivity index (χ1n) is 7.05. The Bertz CT molecular complexity index is 503. The number of carbonyl (C=O) groups is 2. The molecule has 2 rings (SSSR count). The van der Waals surface area contributed by atoms with Crippen LogP contribution in [0.2, 0.25) is 0 Å². The summed E-state index contributed by atoms with van der Waals surface area (Å²) >= 11 is 0. The number of hydrogen-bond acceptors (Lipinski definition) is 4. The molecule has 0 bridgehead atoms. The molecule has 3 amide bonds. The summed E-state index contributed by atoms with van der Waals surface area (Å²) in [6.07, 6.45) is 0.289. The van der Waals surface area contributed by atoms with E-state index in [1.54, 1.807) is 0 Å². The molecule has 22 heavy (non-hydrogen) atoms. The summed E-state index contributed by atoms with van der Waals surface area (Å²) < 4.78 is 17.9. The molecule has 0 spiro atoms. The van der Waals surface area contributed by atoms with E-state index in [1.807, 2.05) is 0 Å². The molecule has 1 heterocycles. The van der Waals surface area contributed by atoms with Gasteiger partial charge in [-0.15, -0.1) is 0 Å². The molecular formula is C14H19FN4O3. The van der Waals surface area contributed by atoms with Gasteiger partial charge in [0.25, 0.3) is 0 Å². The molecule has 1 aromatic carbocycles. The molecule has 0 unspecified atom stereocenters. The molecule has 7 nitrogen and oxygen atoms in total. The van der Waals surface area contributed by atoms with Crippen LogP contribution < -0.4 is 16.2 Å². The molecule has 0 saturated carbocycles. The highest BCUT2D eigenvalue weighted by Gasteiger charge is 2.12. The van der Waals surface area contributed by atoms with Crippen LogP contribution in [-0.4, -0.2) is 49.7 Å². The Kier molecular flexibility index (Phi) is 6.11. The van der Waals surface area contributed by atoms with Gasteiger partial charge in [0.1, 0.15) is 5.82 Å². The average Bonchev–Trinajstić information content (AvgIpc) is 2.54. The van der Waals surface area contributed by atoms with Crippen LogP contribution >= 0.6 is 0 Å². The van der Waals surface area contributed by atoms with Crippen molar-refractivity contribution in [2.45, 2.75) is 6.42 Å². The molecule has 0 aliphatic carbocycles. The molecule has 1 aliphatic heterocycles. The van der Waals surface area contributed by atoms with Crippen molar-refractivity contribution in [3.8, 4) is 0 Å². The number of hydrazine groups is 1. The maximum atomic E-state index is 12.7. The van der Waals surface area contributed by atoms with Gasteiger partial charge in [-0.1, -0.05) is 0 Å². The highest BCUT2D eigenvalue weighted by molar-refractivity contribution is 5.90. The van der Waals surface area contributed by atoms with Crippen molar-refractivity contribution in [2.24, 2.45) is 0 Å². The summed E-state index contributed by atoms with van der Waals surface area (Å²) in [5.41, 5.74) is 5.00. The third-order valence-electron chi connectivity index (χ3n) is 3.18. The molecule has 1 fully saturated rings. The first-order valence-corrected chi connectivity index (χ1v) is 7.05. The molecule has 1 saturated heterocycles. The third kappa shape index (κ3) is 5.66. The summed E-state index contributed by atoms with van der Waals surface area (Å²) in [5, 5.41) is 2.47. The topological polar surface area (TPSA) is 82.7 Å². The Morgan fingerprint density at radius 1 is 1.14 bits per heavy atom. The van der Waals surface area contributed by atoms with E-state index in [-0.39, 0.29) is 18.1 Å². The summed E-state index contributed by atoms with van der Waals surface area (Å²) in [6.45, 7) is 3.61. The van der Waals surface area contributed by atoms with Crippen molar-refractivity contribution in [1.29, 1.82) is 0 Å². The van der Waals surface area contributed by atoms with Crippen molar-refractivity contribution in [3.05, 3.63) is 30.1 Å². The van der Waals surface area contributed by atoms with Crippen molar-refractivity contribution in [3.63, 3.8) is 0 Å². The second kappa shape index (κ2) is 8.30. The van der Waals surface area contributed by atoms with Crippen LogP contribution in [0.5, 0.6) is 0 Å². The number of nitrogens with zero attached hydrogens (tertiary/aromatic N) is 1. The van der Waals surface area contributed by atoms with Crippen molar-refractivity contribution < 1.29 is 18.7 Å². The molecule has 1 aromatic rings. The first-order chi connectivity index (χ1) is 10.6. The summed E-state index contributed by atoms with van der Waals surface area (Å²) in [6, 6.07) is 4.73. The average molecular weight is 310 g/mol. The zero-order valence-electron chi connectivity index (χ0n) is 12.1. The minimum atomic E-state index is -0.591. The van der Waals surface area contributed by atoms with Crippen LogP contribution in [0, 0.1) is 5.82 Å². The fraction of sp³-hybridized carbons (Fsp3) is 0.429. The Hall–Kier alpha value is -2.19. The molecule has 0 aromatic heterocycles. The fourth-order valence-electron chi connectivity index (χ4n) is 1.97. The largest absolute Gasteiger partial charge is 0.379 e. The quantitative estimate of drug-likeness (QED) is 0.715. The lowest BCUT2D eigenvalue weighted by Gasteiger charge is -2.26. The number of urea groups is 1. The number of amides is 3. The van der Waals surface area contributed by atoms with Crippen LogP contribution in [0.3, 0.4) is 0 Å². The monoisotopic (exact) mass is 310 g/mol. The van der Waals surface area contributed by atoms with Gasteiger partial charge in [-0.05, 0) is 24.3 Å². The number of morpholine rings is 1. The van der Waals surface area contributed by atoms with E-state index in [4.69, 9.17) is 4.74 Å². The predicted octanol–water partition coefficient (Wildman–Crippen LogP) is 0.701. The number of benzene rings is 1. The van der Waals surface area contributed by atoms with E-state index in [1.165, 1.54) is 24.3 Å². The van der Waals surface area contributed by atoms with Crippen LogP contribution in [0.25, 0.3) is 0 Å². The predicted molar refractivity (Wildman–Crippen MR) is 78.6 cm³/mol. The van der Waals surface area contributed by atoms with Crippen molar-refractivity contribution in [1.82, 2.24) is 15.8 Å². The number of nitrogens with one attached hydrogen (secondary N) is 3. The van der Waals surface area contributed by atoms with E-state index in [9.17, 15) is 14.0 Å². The molecule has 3 N–H and O–H groups in total. The SMILES string of the molecule is O=C(CCN1CCOCC1)NNC(=O)Nc1ccc(F)cc1. The lowest BCUT2D eigenvalue weighted by atomic mass is 10.3. The van der Waals surface area contributed by atoms with Gasteiger partial charge in [-0.3, -0.25) is 15.1 Å². The van der Waals surface area contributed by atoms with E-state index in [0.717, 1.165) is 13.1 Å². The van der Waals surface area contributed by atoms with Gasteiger partial charge in [-0.25, -0.2) is 14.6 Å². The number of hydrogen-bond donors (Lipinski definition) is 3. The Balaban J connectivity index is 1.62. The minimum Gasteiger partial charge on any atom is -0.379 e. The maximum absolute atomic E-state index is 12.7. The molecule has 1 aliphatic rings. The number of ether oxygens (including phenoxy) is 1. The Morgan fingerprint density at radius 3 is 2.50 bits per heavy atom. The number of halogens is 1. The highest BCUT2D eigenvalue weighted by atomic mass is 19.1. The summed E-state index contributed by atoms with van der Waals surface area (Å²) in [5.74, 6) is -0.664. The van der Waals surface area contributed by atoms with Crippen LogP contribution in [-0.2, 0) is 9.53 Å². The fourth-order valence-corrected chi connectivity index (χ4v) is 1.97. The van der Waals surface area contributed by atoms with E-state index in [0.29, 0.717) is 25.4 Å². The van der Waals surface area contributed by atoms with Gasteiger partial charge < -0.3 is 10.1 Å². The van der Waals surface area contributed by atoms with Gasteiger partial charge in [0.2, 0.25) is 5.91 Å². The third-order valence-corrected chi connectivity index (χ3v) is 3.18. The van der Waals surface area contributed by atoms with Gasteiger partial charge >= 0.3 is 6.03 Å². The zero-order valence-corrected chi connectivity index (χ0v) is 12.1. The maximum Gasteiger partial charge on any atom is 0.337 e. The van der Waals surface area contributed by atoms with Crippen LogP contribution in [0.4, 0.5) is 14.9 Å². The molecule has 120 valence electrons. The summed E-state index contributed by atoms with van der Waals surface area (Å²) in [7, 11) is 0. The van der Waals surface area contributed by atoms with Gasteiger partial charge in [-0.2, -0.15) is 0 Å². The van der Waals surface area contributed by atoms with Crippen molar-refractivity contribution in [2.75, 3.05) is 38.2 Å². The molecule has 0 atom stereocenters. The van der Waals surface area contributed by atoms with Gasteiger partial charge in [0.05, 0.1) is 13.2 Å². The Labute approximate surface area is 127 Å². The lowest BCUT2D eigenvalue weighted by molar-refractivity contribution is -0.122. The van der Waals surface area contributed by atoms with E-state index >= 15 is 0 Å². The first kappa shape index (κ1) is 16.2. The van der Waals surface area contributed by atoms with E-state index < -0.39 is 6.03 Å². The second-order valence-electron chi connectivity index (χ2n) is 4.84. The highest BCUT2D eigenvalue weighted by Crippen LogP contribution is 2.07. The standard InChI is InChI=1S/C14H19FN4O3/c15-11-1-3-12(4-2-11)16-14(21)18-17-13(20)5-6-19-7-9-22-10-8-19/h1-4H,5-10H2,(H,17,20)(H2,16,18,21). The Morgan fingerprint density at radius 2 is 1.82 bits per heavy atom. The number of carbonyl (C=O) groups excluding carboxylic acids is 2.